The van der Waals surface area contributed by atoms with E-state index in [9.17, 15) is 14.4 Å². The second-order valence-corrected chi connectivity index (χ2v) is 6.33. The number of hydrogen-bond donors (Lipinski definition) is 2. The summed E-state index contributed by atoms with van der Waals surface area (Å²) >= 11 is 0. The Bertz CT molecular complexity index is 403. The third kappa shape index (κ3) is 5.31. The second-order valence-electron chi connectivity index (χ2n) is 6.33. The number of esters is 1. The fraction of sp³-hybridized carbons (Fsp3) is 0.812. The molecule has 22 heavy (non-hydrogen) atoms. The van der Waals surface area contributed by atoms with Gasteiger partial charge in [0.05, 0.1) is 7.11 Å². The standard InChI is InChI=1S/C16H28N2O4/c1-10(2)13(17-11(3)19)15(20)18-14(16(21)22-4)12-8-6-5-7-9-12/h10,12-14H,5-9H2,1-4H3,(H,17,19)(H,18,20)/t13-,14+/m1/s1. The second kappa shape index (κ2) is 8.76. The lowest BCUT2D eigenvalue weighted by molar-refractivity contribution is -0.147. The van der Waals surface area contributed by atoms with E-state index >= 15 is 0 Å². The van der Waals surface area contributed by atoms with E-state index in [2.05, 4.69) is 10.6 Å². The number of carbonyl (C=O) groups excluding carboxylic acids is 3. The quantitative estimate of drug-likeness (QED) is 0.726. The SMILES string of the molecule is COC(=O)[C@@H](NC(=O)[C@H](NC(C)=O)C(C)C)C1CCCCC1. The van der Waals surface area contributed by atoms with Crippen LogP contribution in [0.25, 0.3) is 0 Å². The van der Waals surface area contributed by atoms with E-state index < -0.39 is 18.1 Å². The first-order chi connectivity index (χ1) is 10.4. The third-order valence-electron chi connectivity index (χ3n) is 4.18. The summed E-state index contributed by atoms with van der Waals surface area (Å²) in [7, 11) is 1.33. The van der Waals surface area contributed by atoms with Gasteiger partial charge in [-0.3, -0.25) is 9.59 Å². The van der Waals surface area contributed by atoms with Gasteiger partial charge in [0.2, 0.25) is 11.8 Å². The van der Waals surface area contributed by atoms with Crippen LogP contribution in [0.15, 0.2) is 0 Å². The minimum Gasteiger partial charge on any atom is -0.467 e. The zero-order chi connectivity index (χ0) is 16.7. The van der Waals surface area contributed by atoms with Gasteiger partial charge in [0.15, 0.2) is 0 Å². The molecule has 0 spiro atoms. The molecule has 1 saturated carbocycles. The van der Waals surface area contributed by atoms with Gasteiger partial charge in [-0.05, 0) is 24.7 Å². The summed E-state index contributed by atoms with van der Waals surface area (Å²) in [6, 6.07) is -1.28. The highest BCUT2D eigenvalue weighted by atomic mass is 16.5. The molecule has 1 aliphatic carbocycles. The number of methoxy groups -OCH3 is 1. The van der Waals surface area contributed by atoms with Crippen molar-refractivity contribution in [2.24, 2.45) is 11.8 Å². The van der Waals surface area contributed by atoms with E-state index in [0.29, 0.717) is 0 Å². The molecule has 126 valence electrons. The van der Waals surface area contributed by atoms with E-state index in [-0.39, 0.29) is 23.7 Å². The van der Waals surface area contributed by atoms with Crippen molar-refractivity contribution in [2.75, 3.05) is 7.11 Å². The first kappa shape index (κ1) is 18.5. The Kier molecular flexibility index (Phi) is 7.35. The molecule has 1 rings (SSSR count). The van der Waals surface area contributed by atoms with Gasteiger partial charge in [-0.2, -0.15) is 0 Å². The lowest BCUT2D eigenvalue weighted by Crippen LogP contribution is -2.55. The van der Waals surface area contributed by atoms with E-state index in [1.54, 1.807) is 0 Å². The van der Waals surface area contributed by atoms with Crippen LogP contribution in [0.4, 0.5) is 0 Å². The molecule has 0 saturated heterocycles. The highest BCUT2D eigenvalue weighted by Gasteiger charge is 2.34. The molecule has 1 fully saturated rings. The van der Waals surface area contributed by atoms with Crippen molar-refractivity contribution in [1.29, 1.82) is 0 Å². The summed E-state index contributed by atoms with van der Waals surface area (Å²) in [6.45, 7) is 5.09. The Balaban J connectivity index is 2.80. The molecule has 2 N–H and O–H groups in total. The average molecular weight is 312 g/mol. The maximum Gasteiger partial charge on any atom is 0.328 e. The molecule has 0 unspecified atom stereocenters. The molecular formula is C16H28N2O4. The summed E-state index contributed by atoms with van der Waals surface area (Å²) < 4.78 is 4.85. The van der Waals surface area contributed by atoms with Gasteiger partial charge in [0, 0.05) is 6.92 Å². The van der Waals surface area contributed by atoms with Crippen molar-refractivity contribution < 1.29 is 19.1 Å². The monoisotopic (exact) mass is 312 g/mol. The van der Waals surface area contributed by atoms with Crippen LogP contribution in [-0.4, -0.2) is 37.0 Å². The Morgan fingerprint density at radius 2 is 1.64 bits per heavy atom. The smallest absolute Gasteiger partial charge is 0.328 e. The summed E-state index contributed by atoms with van der Waals surface area (Å²) in [5.74, 6) is -0.957. The van der Waals surface area contributed by atoms with E-state index in [1.165, 1.54) is 20.5 Å². The van der Waals surface area contributed by atoms with Gasteiger partial charge in [0.1, 0.15) is 12.1 Å². The van der Waals surface area contributed by atoms with Crippen LogP contribution in [0.5, 0.6) is 0 Å². The molecule has 0 bridgehead atoms. The van der Waals surface area contributed by atoms with Crippen LogP contribution in [0.3, 0.4) is 0 Å². The van der Waals surface area contributed by atoms with E-state index in [0.717, 1.165) is 25.7 Å². The van der Waals surface area contributed by atoms with Crippen molar-refractivity contribution in [3.63, 3.8) is 0 Å². The number of hydrogen-bond acceptors (Lipinski definition) is 4. The molecule has 0 aromatic carbocycles. The maximum atomic E-state index is 12.5. The van der Waals surface area contributed by atoms with Gasteiger partial charge >= 0.3 is 5.97 Å². The van der Waals surface area contributed by atoms with Crippen molar-refractivity contribution in [3.8, 4) is 0 Å². The van der Waals surface area contributed by atoms with Gasteiger partial charge < -0.3 is 15.4 Å². The molecule has 6 heteroatoms. The summed E-state index contributed by atoms with van der Waals surface area (Å²) in [5, 5.41) is 5.44. The van der Waals surface area contributed by atoms with Crippen molar-refractivity contribution in [3.05, 3.63) is 0 Å². The fourth-order valence-corrected chi connectivity index (χ4v) is 2.96. The zero-order valence-electron chi connectivity index (χ0n) is 14.0. The van der Waals surface area contributed by atoms with E-state index in [4.69, 9.17) is 4.74 Å². The number of amides is 2. The predicted molar refractivity (Wildman–Crippen MR) is 83.0 cm³/mol. The molecular weight excluding hydrogens is 284 g/mol. The summed E-state index contributed by atoms with van der Waals surface area (Å²) in [4.78, 5) is 35.8. The first-order valence-corrected chi connectivity index (χ1v) is 8.02. The summed E-state index contributed by atoms with van der Waals surface area (Å²) in [5.41, 5.74) is 0. The van der Waals surface area contributed by atoms with Gasteiger partial charge in [-0.1, -0.05) is 33.1 Å². The highest BCUT2D eigenvalue weighted by molar-refractivity contribution is 5.90. The van der Waals surface area contributed by atoms with Gasteiger partial charge in [-0.15, -0.1) is 0 Å². The molecule has 0 heterocycles. The van der Waals surface area contributed by atoms with E-state index in [1.807, 2.05) is 13.8 Å². The lowest BCUT2D eigenvalue weighted by Gasteiger charge is -2.31. The summed E-state index contributed by atoms with van der Waals surface area (Å²) in [6.07, 6.45) is 5.11. The Morgan fingerprint density at radius 3 is 2.09 bits per heavy atom. The van der Waals surface area contributed by atoms with Crippen molar-refractivity contribution >= 4 is 17.8 Å². The highest BCUT2D eigenvalue weighted by Crippen LogP contribution is 2.27. The molecule has 2 amide bonds. The maximum absolute atomic E-state index is 12.5. The third-order valence-corrected chi connectivity index (χ3v) is 4.18. The molecule has 0 aromatic heterocycles. The Labute approximate surface area is 132 Å². The minimum absolute atomic E-state index is 0.0615. The van der Waals surface area contributed by atoms with Crippen LogP contribution in [0.2, 0.25) is 0 Å². The predicted octanol–water partition coefficient (Wildman–Crippen LogP) is 1.39. The van der Waals surface area contributed by atoms with Crippen LogP contribution >= 0.6 is 0 Å². The number of ether oxygens (including phenoxy) is 1. The fourth-order valence-electron chi connectivity index (χ4n) is 2.96. The number of rotatable bonds is 6. The van der Waals surface area contributed by atoms with Crippen LogP contribution in [-0.2, 0) is 19.1 Å². The van der Waals surface area contributed by atoms with Crippen LogP contribution in [0, 0.1) is 11.8 Å². The van der Waals surface area contributed by atoms with Crippen LogP contribution in [0.1, 0.15) is 52.9 Å². The van der Waals surface area contributed by atoms with Crippen molar-refractivity contribution in [2.45, 2.75) is 65.0 Å². The van der Waals surface area contributed by atoms with Crippen LogP contribution < -0.4 is 10.6 Å². The normalized spacial score (nSPS) is 18.4. The largest absolute Gasteiger partial charge is 0.467 e. The molecule has 2 atom stereocenters. The van der Waals surface area contributed by atoms with Gasteiger partial charge in [-0.25, -0.2) is 4.79 Å². The topological polar surface area (TPSA) is 84.5 Å². The zero-order valence-corrected chi connectivity index (χ0v) is 14.0. The van der Waals surface area contributed by atoms with Crippen molar-refractivity contribution in [1.82, 2.24) is 10.6 Å². The lowest BCUT2D eigenvalue weighted by atomic mass is 9.83. The number of carbonyl (C=O) groups is 3. The van der Waals surface area contributed by atoms with Gasteiger partial charge in [0.25, 0.3) is 0 Å². The first-order valence-electron chi connectivity index (χ1n) is 8.02. The molecule has 6 nitrogen and oxygen atoms in total. The molecule has 0 aliphatic heterocycles. The number of nitrogens with one attached hydrogen (secondary N) is 2. The molecule has 1 aliphatic rings. The Morgan fingerprint density at radius 1 is 1.05 bits per heavy atom. The molecule has 0 radical (unpaired) electrons. The minimum atomic E-state index is -0.645. The Hall–Kier alpha value is -1.59. The average Bonchev–Trinajstić information content (AvgIpc) is 2.49. The molecule has 0 aromatic rings.